The number of amides is 1. The normalized spacial score (nSPS) is 15.4. The Bertz CT molecular complexity index is 897. The lowest BCUT2D eigenvalue weighted by atomic mass is 10.1. The van der Waals surface area contributed by atoms with E-state index in [2.05, 4.69) is 49.8 Å². The summed E-state index contributed by atoms with van der Waals surface area (Å²) in [6.07, 6.45) is 1.17. The van der Waals surface area contributed by atoms with Gasteiger partial charge in [-0.15, -0.1) is 0 Å². The SMILES string of the molecule is O=C(CCNS(=O)(=O)c1ccc(Br)cc1)N1CCN(CCc2ccccc2)CC1. The van der Waals surface area contributed by atoms with Gasteiger partial charge < -0.3 is 4.90 Å². The van der Waals surface area contributed by atoms with Crippen molar-refractivity contribution in [2.24, 2.45) is 0 Å². The van der Waals surface area contributed by atoms with E-state index in [-0.39, 0.29) is 23.8 Å². The van der Waals surface area contributed by atoms with Crippen molar-refractivity contribution in [2.75, 3.05) is 39.3 Å². The molecule has 2 aromatic rings. The molecule has 6 nitrogen and oxygen atoms in total. The van der Waals surface area contributed by atoms with Gasteiger partial charge in [-0.3, -0.25) is 9.69 Å². The molecule has 1 N–H and O–H groups in total. The molecule has 0 spiro atoms. The van der Waals surface area contributed by atoms with Crippen molar-refractivity contribution < 1.29 is 13.2 Å². The molecule has 29 heavy (non-hydrogen) atoms. The van der Waals surface area contributed by atoms with Crippen LogP contribution < -0.4 is 4.72 Å². The van der Waals surface area contributed by atoms with Crippen molar-refractivity contribution in [1.29, 1.82) is 0 Å². The van der Waals surface area contributed by atoms with Crippen LogP contribution in [0.15, 0.2) is 64.0 Å². The summed E-state index contributed by atoms with van der Waals surface area (Å²) in [6.45, 7) is 4.16. The van der Waals surface area contributed by atoms with Gasteiger partial charge in [0.15, 0.2) is 0 Å². The maximum Gasteiger partial charge on any atom is 0.240 e. The predicted octanol–water partition coefficient (Wildman–Crippen LogP) is 2.50. The van der Waals surface area contributed by atoms with Crippen molar-refractivity contribution in [2.45, 2.75) is 17.7 Å². The van der Waals surface area contributed by atoms with E-state index in [4.69, 9.17) is 0 Å². The van der Waals surface area contributed by atoms with Gasteiger partial charge >= 0.3 is 0 Å². The lowest BCUT2D eigenvalue weighted by molar-refractivity contribution is -0.132. The molecule has 1 saturated heterocycles. The average molecular weight is 480 g/mol. The molecule has 1 aliphatic heterocycles. The summed E-state index contributed by atoms with van der Waals surface area (Å²) in [7, 11) is -3.60. The molecule has 156 valence electrons. The Balaban J connectivity index is 1.38. The third kappa shape index (κ3) is 6.64. The summed E-state index contributed by atoms with van der Waals surface area (Å²) in [6, 6.07) is 16.8. The Labute approximate surface area is 181 Å². The van der Waals surface area contributed by atoms with Crippen molar-refractivity contribution in [3.8, 4) is 0 Å². The molecular formula is C21H26BrN3O3S. The van der Waals surface area contributed by atoms with Crippen molar-refractivity contribution in [3.05, 3.63) is 64.6 Å². The molecule has 2 aromatic carbocycles. The second-order valence-electron chi connectivity index (χ2n) is 7.06. The van der Waals surface area contributed by atoms with Crippen LogP contribution in [-0.4, -0.2) is 63.4 Å². The number of nitrogens with one attached hydrogen (secondary N) is 1. The molecule has 1 amide bonds. The lowest BCUT2D eigenvalue weighted by Gasteiger charge is -2.34. The van der Waals surface area contributed by atoms with Gasteiger partial charge in [0.2, 0.25) is 15.9 Å². The predicted molar refractivity (Wildman–Crippen MR) is 117 cm³/mol. The molecule has 1 aliphatic rings. The Morgan fingerprint density at radius 3 is 2.28 bits per heavy atom. The van der Waals surface area contributed by atoms with E-state index in [9.17, 15) is 13.2 Å². The average Bonchev–Trinajstić information content (AvgIpc) is 2.73. The minimum absolute atomic E-state index is 0.00813. The second kappa shape index (κ2) is 10.3. The number of carbonyl (C=O) groups is 1. The summed E-state index contributed by atoms with van der Waals surface area (Å²) in [5, 5.41) is 0. The first-order valence-corrected chi connectivity index (χ1v) is 12.0. The van der Waals surface area contributed by atoms with E-state index in [1.54, 1.807) is 12.1 Å². The Hall–Kier alpha value is -1.74. The van der Waals surface area contributed by atoms with E-state index in [1.165, 1.54) is 17.7 Å². The molecule has 0 unspecified atom stereocenters. The fourth-order valence-electron chi connectivity index (χ4n) is 3.30. The van der Waals surface area contributed by atoms with Gasteiger partial charge in [-0.1, -0.05) is 46.3 Å². The van der Waals surface area contributed by atoms with Crippen LogP contribution in [0, 0.1) is 0 Å². The maximum atomic E-state index is 12.4. The largest absolute Gasteiger partial charge is 0.340 e. The number of piperazine rings is 1. The van der Waals surface area contributed by atoms with Gasteiger partial charge in [0.1, 0.15) is 0 Å². The van der Waals surface area contributed by atoms with Crippen LogP contribution in [0.2, 0.25) is 0 Å². The van der Waals surface area contributed by atoms with Crippen molar-refractivity contribution in [1.82, 2.24) is 14.5 Å². The van der Waals surface area contributed by atoms with Crippen molar-refractivity contribution >= 4 is 31.9 Å². The number of hydrogen-bond donors (Lipinski definition) is 1. The summed E-state index contributed by atoms with van der Waals surface area (Å²) in [5.74, 6) is -0.00813. The first-order chi connectivity index (χ1) is 13.9. The molecule has 1 fully saturated rings. The highest BCUT2D eigenvalue weighted by molar-refractivity contribution is 9.10. The summed E-state index contributed by atoms with van der Waals surface area (Å²) in [5.41, 5.74) is 1.32. The summed E-state index contributed by atoms with van der Waals surface area (Å²) in [4.78, 5) is 16.8. The van der Waals surface area contributed by atoms with Crippen LogP contribution in [0.4, 0.5) is 0 Å². The third-order valence-corrected chi connectivity index (χ3v) is 7.05. The first kappa shape index (κ1) is 22.0. The third-order valence-electron chi connectivity index (χ3n) is 5.04. The van der Waals surface area contributed by atoms with Crippen LogP contribution in [0.5, 0.6) is 0 Å². The molecule has 0 aliphatic carbocycles. The molecule has 1 heterocycles. The zero-order chi connectivity index (χ0) is 20.7. The summed E-state index contributed by atoms with van der Waals surface area (Å²) >= 11 is 3.28. The molecular weight excluding hydrogens is 454 g/mol. The minimum Gasteiger partial charge on any atom is -0.340 e. The molecule has 8 heteroatoms. The van der Waals surface area contributed by atoms with E-state index in [1.807, 2.05) is 11.0 Å². The minimum atomic E-state index is -3.60. The molecule has 0 atom stereocenters. The van der Waals surface area contributed by atoms with Crippen LogP contribution in [-0.2, 0) is 21.2 Å². The number of halogens is 1. The van der Waals surface area contributed by atoms with E-state index in [0.717, 1.165) is 30.5 Å². The monoisotopic (exact) mass is 479 g/mol. The Morgan fingerprint density at radius 1 is 0.966 bits per heavy atom. The molecule has 0 bridgehead atoms. The number of benzene rings is 2. The quantitative estimate of drug-likeness (QED) is 0.631. The van der Waals surface area contributed by atoms with E-state index in [0.29, 0.717) is 13.1 Å². The van der Waals surface area contributed by atoms with Crippen LogP contribution in [0.25, 0.3) is 0 Å². The second-order valence-corrected chi connectivity index (χ2v) is 9.74. The van der Waals surface area contributed by atoms with Gasteiger partial charge in [-0.2, -0.15) is 0 Å². The fraction of sp³-hybridized carbons (Fsp3) is 0.381. The van der Waals surface area contributed by atoms with Crippen LogP contribution >= 0.6 is 15.9 Å². The standard InChI is InChI=1S/C21H26BrN3O3S/c22-19-6-8-20(9-7-19)29(27,28)23-12-10-21(26)25-16-14-24(15-17-25)13-11-18-4-2-1-3-5-18/h1-9,23H,10-17H2. The van der Waals surface area contributed by atoms with Gasteiger partial charge in [-0.05, 0) is 36.2 Å². The highest BCUT2D eigenvalue weighted by atomic mass is 79.9. The number of rotatable bonds is 8. The highest BCUT2D eigenvalue weighted by Crippen LogP contribution is 2.14. The van der Waals surface area contributed by atoms with Crippen molar-refractivity contribution in [3.63, 3.8) is 0 Å². The van der Waals surface area contributed by atoms with Crippen LogP contribution in [0.3, 0.4) is 0 Å². The lowest BCUT2D eigenvalue weighted by Crippen LogP contribution is -2.49. The van der Waals surface area contributed by atoms with Gasteiger partial charge in [0.25, 0.3) is 0 Å². The van der Waals surface area contributed by atoms with Gasteiger partial charge in [-0.25, -0.2) is 13.1 Å². The van der Waals surface area contributed by atoms with Crippen LogP contribution in [0.1, 0.15) is 12.0 Å². The molecule has 0 radical (unpaired) electrons. The fourth-order valence-corrected chi connectivity index (χ4v) is 4.60. The number of nitrogens with zero attached hydrogens (tertiary/aromatic N) is 2. The number of hydrogen-bond acceptors (Lipinski definition) is 4. The molecule has 0 saturated carbocycles. The molecule has 3 rings (SSSR count). The maximum absolute atomic E-state index is 12.4. The van der Waals surface area contributed by atoms with E-state index < -0.39 is 10.0 Å². The zero-order valence-electron chi connectivity index (χ0n) is 16.3. The Kier molecular flexibility index (Phi) is 7.83. The summed E-state index contributed by atoms with van der Waals surface area (Å²) < 4.78 is 27.9. The highest BCUT2D eigenvalue weighted by Gasteiger charge is 2.21. The molecule has 0 aromatic heterocycles. The topological polar surface area (TPSA) is 69.7 Å². The number of carbonyl (C=O) groups excluding carboxylic acids is 1. The first-order valence-electron chi connectivity index (χ1n) is 9.73. The van der Waals surface area contributed by atoms with E-state index >= 15 is 0 Å². The zero-order valence-corrected chi connectivity index (χ0v) is 18.7. The van der Waals surface area contributed by atoms with Gasteiger partial charge in [0.05, 0.1) is 4.90 Å². The smallest absolute Gasteiger partial charge is 0.240 e. The Morgan fingerprint density at radius 2 is 1.62 bits per heavy atom. The van der Waals surface area contributed by atoms with Gasteiger partial charge in [0, 0.05) is 50.2 Å². The number of sulfonamides is 1.